The van der Waals surface area contributed by atoms with E-state index in [-0.39, 0.29) is 75.8 Å². The number of imide groups is 1. The highest BCUT2D eigenvalue weighted by Crippen LogP contribution is 2.72. The van der Waals surface area contributed by atoms with Gasteiger partial charge in [-0.25, -0.2) is 8.78 Å². The van der Waals surface area contributed by atoms with Crippen LogP contribution in [0.15, 0.2) is 94.3 Å². The number of rotatable bonds is 24. The predicted octanol–water partition coefficient (Wildman–Crippen LogP) is 4.31. The summed E-state index contributed by atoms with van der Waals surface area (Å²) >= 11 is 1.46. The standard InChI is InChI=1S/C52H61F2N3O14S/c1-49-15-12-34(59)27-39(49)40(53)28-38-37-29-43-52(42(61)31-58,50(37,2)30-41(60)51(38,49)54)71-48(70-43)32-6-8-35(9-7-32)72-36-5-3-4-33(26-36)56-45(63)14-18-66-20-22-68-24-25-69-23-21-67-19-16-55-44(62)13-17-57-46(64)10-11-47(57)65/h3-12,15,26-27,37-38,40-41,43,48,58,60H,13-14,16-25,28-31H2,1-2H3,(H,55,62)(H,56,63)/t37?,38-,40-,41-,43+,48+,49-,50-,51-,52+/m0/s1. The number of hydrogen-bond acceptors (Lipinski definition) is 15. The molecule has 1 unspecified atom stereocenters. The van der Waals surface area contributed by atoms with Crippen LogP contribution in [0.3, 0.4) is 0 Å². The van der Waals surface area contributed by atoms with Gasteiger partial charge >= 0.3 is 0 Å². The van der Waals surface area contributed by atoms with Crippen molar-refractivity contribution in [2.45, 2.75) is 91.7 Å². The molecule has 3 saturated carbocycles. The first-order valence-electron chi connectivity index (χ1n) is 24.3. The molecule has 6 aliphatic rings. The zero-order chi connectivity index (χ0) is 51.3. The van der Waals surface area contributed by atoms with Gasteiger partial charge < -0.3 is 49.3 Å². The van der Waals surface area contributed by atoms with Crippen molar-refractivity contribution in [3.8, 4) is 0 Å². The van der Waals surface area contributed by atoms with Crippen molar-refractivity contribution in [3.05, 3.63) is 90.0 Å². The van der Waals surface area contributed by atoms with Gasteiger partial charge in [-0.15, -0.1) is 0 Å². The second-order valence-corrected chi connectivity index (χ2v) is 20.3. The number of aliphatic hydroxyl groups excluding tert-OH is 2. The lowest BCUT2D eigenvalue weighted by atomic mass is 9.44. The number of nitrogens with one attached hydrogen (secondary N) is 2. The molecule has 1 saturated heterocycles. The van der Waals surface area contributed by atoms with Crippen LogP contribution >= 0.6 is 11.8 Å². The van der Waals surface area contributed by atoms with Gasteiger partial charge in [0.15, 0.2) is 29.1 Å². The Balaban J connectivity index is 0.723. The van der Waals surface area contributed by atoms with Gasteiger partial charge in [0, 0.05) is 69.5 Å². The number of allylic oxidation sites excluding steroid dienone is 4. The van der Waals surface area contributed by atoms with E-state index in [1.54, 1.807) is 25.1 Å². The largest absolute Gasteiger partial charge is 0.390 e. The van der Waals surface area contributed by atoms with E-state index in [4.69, 9.17) is 28.4 Å². The molecule has 2 aromatic rings. The number of ether oxygens (including phenoxy) is 6. The van der Waals surface area contributed by atoms with Crippen LogP contribution in [-0.2, 0) is 57.2 Å². The van der Waals surface area contributed by atoms with Crippen molar-refractivity contribution < 1.29 is 76.2 Å². The minimum Gasteiger partial charge on any atom is -0.390 e. The fourth-order valence-electron chi connectivity index (χ4n) is 11.5. The molecule has 2 heterocycles. The number of anilines is 1. The van der Waals surface area contributed by atoms with E-state index >= 15 is 8.78 Å². The molecule has 2 aromatic carbocycles. The van der Waals surface area contributed by atoms with Gasteiger partial charge in [0.25, 0.3) is 11.8 Å². The zero-order valence-corrected chi connectivity index (χ0v) is 41.0. The number of alkyl halides is 2. The summed E-state index contributed by atoms with van der Waals surface area (Å²) in [7, 11) is 0. The van der Waals surface area contributed by atoms with Gasteiger partial charge in [-0.2, -0.15) is 0 Å². The minimum absolute atomic E-state index is 0.00864. The van der Waals surface area contributed by atoms with Crippen molar-refractivity contribution in [2.75, 3.05) is 77.9 Å². The molecule has 4 amide bonds. The number of carbonyl (C=O) groups is 6. The molecule has 72 heavy (non-hydrogen) atoms. The predicted molar refractivity (Wildman–Crippen MR) is 255 cm³/mol. The number of Topliss-reactive ketones (excluding diaryl/α,β-unsaturated/α-hetero) is 1. The number of benzene rings is 2. The van der Waals surface area contributed by atoms with Crippen LogP contribution in [-0.4, -0.2) is 153 Å². The fourth-order valence-corrected chi connectivity index (χ4v) is 12.4. The molecular formula is C52H61F2N3O14S. The molecule has 4 aliphatic carbocycles. The summed E-state index contributed by atoms with van der Waals surface area (Å²) in [5, 5.41) is 27.7. The highest BCUT2D eigenvalue weighted by Gasteiger charge is 2.80. The van der Waals surface area contributed by atoms with E-state index < -0.39 is 88.6 Å². The van der Waals surface area contributed by atoms with Crippen LogP contribution in [0.2, 0.25) is 0 Å². The number of fused-ring (bicyclic) bond motifs is 7. The third-order valence-corrected chi connectivity index (χ3v) is 16.1. The molecule has 0 aromatic heterocycles. The summed E-state index contributed by atoms with van der Waals surface area (Å²) in [6.07, 6.45) is 0.637. The number of amides is 4. The first-order valence-corrected chi connectivity index (χ1v) is 25.1. The Kier molecular flexibility index (Phi) is 16.7. The van der Waals surface area contributed by atoms with Crippen LogP contribution in [0.5, 0.6) is 0 Å². The molecule has 0 bridgehead atoms. The Morgan fingerprint density at radius 3 is 2.18 bits per heavy atom. The average molecular weight is 1020 g/mol. The maximum Gasteiger partial charge on any atom is 0.253 e. The lowest BCUT2D eigenvalue weighted by Crippen LogP contribution is -2.70. The van der Waals surface area contributed by atoms with Crippen molar-refractivity contribution in [1.29, 1.82) is 0 Å². The summed E-state index contributed by atoms with van der Waals surface area (Å²) in [4.78, 5) is 76.6. The number of ketones is 2. The average Bonchev–Trinajstić information content (AvgIpc) is 3.98. The number of nitrogens with zero attached hydrogens (tertiary/aromatic N) is 1. The number of aliphatic hydroxyl groups is 2. The number of hydrogen-bond donors (Lipinski definition) is 4. The lowest BCUT2D eigenvalue weighted by molar-refractivity contribution is -0.235. The SMILES string of the molecule is C[C@]12C=CC(=O)C=C1[C@@H](F)C[C@H]1C3C[C@H]4O[C@@H](c5ccc(Sc6cccc(NC(=O)CCOCCOCCOCCOCCNC(=O)CCN7C(=O)C=CC7=O)c6)cc5)O[C@@]4(C(=O)CO)[C@@]3(C)C[C@H](O)[C@@]12F. The monoisotopic (exact) mass is 1020 g/mol. The maximum absolute atomic E-state index is 17.7. The Hall–Kier alpha value is -5.03. The molecule has 0 spiro atoms. The smallest absolute Gasteiger partial charge is 0.253 e. The van der Waals surface area contributed by atoms with Crippen LogP contribution in [0.4, 0.5) is 14.5 Å². The van der Waals surface area contributed by atoms with E-state index in [1.165, 1.54) is 43.0 Å². The third kappa shape index (κ3) is 10.5. The molecule has 4 N–H and O–H groups in total. The number of halogens is 2. The van der Waals surface area contributed by atoms with Gasteiger partial charge in [0.1, 0.15) is 12.8 Å². The van der Waals surface area contributed by atoms with Gasteiger partial charge in [-0.1, -0.05) is 43.0 Å². The molecule has 10 atom stereocenters. The van der Waals surface area contributed by atoms with E-state index in [2.05, 4.69) is 10.6 Å². The first-order chi connectivity index (χ1) is 34.5. The van der Waals surface area contributed by atoms with Crippen molar-refractivity contribution in [3.63, 3.8) is 0 Å². The summed E-state index contributed by atoms with van der Waals surface area (Å²) in [5.74, 6) is -4.14. The van der Waals surface area contributed by atoms with E-state index in [9.17, 15) is 39.0 Å². The molecule has 0 radical (unpaired) electrons. The summed E-state index contributed by atoms with van der Waals surface area (Å²) < 4.78 is 68.8. The maximum atomic E-state index is 17.7. The lowest BCUT2D eigenvalue weighted by Gasteiger charge is -2.63. The summed E-state index contributed by atoms with van der Waals surface area (Å²) in [6, 6.07) is 14.7. The molecular weight excluding hydrogens is 961 g/mol. The second-order valence-electron chi connectivity index (χ2n) is 19.2. The normalized spacial score (nSPS) is 31.2. The van der Waals surface area contributed by atoms with Crippen molar-refractivity contribution in [1.82, 2.24) is 10.2 Å². The van der Waals surface area contributed by atoms with E-state index in [1.807, 2.05) is 30.3 Å². The topological polar surface area (TPSA) is 226 Å². The molecule has 2 aliphatic heterocycles. The summed E-state index contributed by atoms with van der Waals surface area (Å²) in [5.41, 5.74) is -5.69. The van der Waals surface area contributed by atoms with Gasteiger partial charge in [-0.05, 0) is 80.2 Å². The van der Waals surface area contributed by atoms with E-state index in [0.717, 1.165) is 20.8 Å². The minimum atomic E-state index is -2.34. The highest BCUT2D eigenvalue weighted by molar-refractivity contribution is 7.99. The molecule has 17 nitrogen and oxygen atoms in total. The van der Waals surface area contributed by atoms with Crippen LogP contribution < -0.4 is 10.6 Å². The highest BCUT2D eigenvalue weighted by atomic mass is 32.2. The van der Waals surface area contributed by atoms with Crippen molar-refractivity contribution in [2.24, 2.45) is 22.7 Å². The first kappa shape index (κ1) is 53.3. The quantitative estimate of drug-likeness (QED) is 0.0850. The van der Waals surface area contributed by atoms with Gasteiger partial charge in [0.05, 0.1) is 71.5 Å². The van der Waals surface area contributed by atoms with Crippen LogP contribution in [0.25, 0.3) is 0 Å². The van der Waals surface area contributed by atoms with Crippen molar-refractivity contribution >= 4 is 52.6 Å². The van der Waals surface area contributed by atoms with Crippen LogP contribution in [0.1, 0.15) is 57.8 Å². The third-order valence-electron chi connectivity index (χ3n) is 15.1. The Morgan fingerprint density at radius 1 is 0.833 bits per heavy atom. The molecule has 388 valence electrons. The van der Waals surface area contributed by atoms with Gasteiger partial charge in [0.2, 0.25) is 11.8 Å². The van der Waals surface area contributed by atoms with Crippen LogP contribution in [0, 0.1) is 22.7 Å². The molecule has 20 heteroatoms. The van der Waals surface area contributed by atoms with E-state index in [0.29, 0.717) is 50.9 Å². The van der Waals surface area contributed by atoms with Gasteiger partial charge in [-0.3, -0.25) is 33.7 Å². The summed E-state index contributed by atoms with van der Waals surface area (Å²) in [6.45, 7) is 5.17. The fraction of sp³-hybridized carbons (Fsp3) is 0.538. The number of carbonyl (C=O) groups excluding carboxylic acids is 6. The zero-order valence-electron chi connectivity index (χ0n) is 40.2. The molecule has 4 fully saturated rings. The molecule has 8 rings (SSSR count). The Morgan fingerprint density at radius 2 is 1.50 bits per heavy atom. The second kappa shape index (κ2) is 22.6. The Labute approximate surface area is 420 Å². The Bertz CT molecular complexity index is 2460.